The second kappa shape index (κ2) is 7.77. The van der Waals surface area contributed by atoms with Crippen molar-refractivity contribution in [3.05, 3.63) is 40.8 Å². The lowest BCUT2D eigenvalue weighted by molar-refractivity contribution is -0.139. The lowest BCUT2D eigenvalue weighted by Crippen LogP contribution is -2.40. The average molecular weight is 317 g/mol. The maximum absolute atomic E-state index is 12.5. The summed E-state index contributed by atoms with van der Waals surface area (Å²) in [6, 6.07) is 2.27. The number of halogens is 3. The Hall–Kier alpha value is -2.12. The number of nitrogens with zero attached hydrogens (tertiary/aromatic N) is 3. The minimum atomic E-state index is -4.52. The molecule has 0 bridgehead atoms. The van der Waals surface area contributed by atoms with Crippen LogP contribution in [0.2, 0.25) is 0 Å². The van der Waals surface area contributed by atoms with Crippen LogP contribution in [0.15, 0.2) is 29.6 Å². The molecule has 0 atom stereocenters. The van der Waals surface area contributed by atoms with Crippen molar-refractivity contribution in [3.63, 3.8) is 0 Å². The second-order valence-corrected chi connectivity index (χ2v) is 4.72. The lowest BCUT2D eigenvalue weighted by atomic mass is 10.3. The molecule has 1 rings (SSSR count). The van der Waals surface area contributed by atoms with E-state index < -0.39 is 24.2 Å². The van der Waals surface area contributed by atoms with Crippen LogP contribution in [-0.2, 0) is 6.54 Å². The van der Waals surface area contributed by atoms with Crippen molar-refractivity contribution in [2.75, 3.05) is 13.1 Å². The van der Waals surface area contributed by atoms with Gasteiger partial charge in [-0.05, 0) is 12.5 Å². The van der Waals surface area contributed by atoms with Gasteiger partial charge in [-0.1, -0.05) is 19.4 Å². The van der Waals surface area contributed by atoms with Crippen LogP contribution < -0.4 is 5.56 Å². The number of hydrogen-bond donors (Lipinski definition) is 0. The average Bonchev–Trinajstić information content (AvgIpc) is 2.44. The molecule has 0 fully saturated rings. The summed E-state index contributed by atoms with van der Waals surface area (Å²) in [4.78, 5) is 24.3. The minimum absolute atomic E-state index is 0.193. The first-order valence-corrected chi connectivity index (χ1v) is 6.83. The Kier molecular flexibility index (Phi) is 6.33. The predicted molar refractivity (Wildman–Crippen MR) is 75.6 cm³/mol. The molecule has 0 aromatic carbocycles. The first-order chi connectivity index (χ1) is 10.3. The van der Waals surface area contributed by atoms with E-state index in [4.69, 9.17) is 0 Å². The van der Waals surface area contributed by atoms with E-state index in [9.17, 15) is 22.8 Å². The fraction of sp³-hybridized carbons (Fsp3) is 0.500. The van der Waals surface area contributed by atoms with E-state index in [1.807, 2.05) is 6.92 Å². The fourth-order valence-corrected chi connectivity index (χ4v) is 1.78. The highest BCUT2D eigenvalue weighted by Gasteiger charge is 2.33. The number of alkyl halides is 3. The summed E-state index contributed by atoms with van der Waals surface area (Å²) in [5.74, 6) is -0.887. The van der Waals surface area contributed by atoms with Gasteiger partial charge in [0.2, 0.25) is 0 Å². The molecule has 0 saturated heterocycles. The zero-order valence-corrected chi connectivity index (χ0v) is 12.3. The van der Waals surface area contributed by atoms with Crippen molar-refractivity contribution in [2.45, 2.75) is 32.5 Å². The number of rotatable bonds is 7. The highest BCUT2D eigenvalue weighted by molar-refractivity contribution is 5.92. The Morgan fingerprint density at radius 2 is 2.14 bits per heavy atom. The van der Waals surface area contributed by atoms with E-state index >= 15 is 0 Å². The van der Waals surface area contributed by atoms with Gasteiger partial charge in [-0.15, -0.1) is 6.58 Å². The number of aromatic nitrogens is 2. The Morgan fingerprint density at radius 1 is 1.45 bits per heavy atom. The molecule has 8 heteroatoms. The third kappa shape index (κ3) is 5.34. The Balaban J connectivity index is 3.03. The van der Waals surface area contributed by atoms with Gasteiger partial charge in [0.15, 0.2) is 0 Å². The smallest absolute Gasteiger partial charge is 0.324 e. The van der Waals surface area contributed by atoms with Crippen LogP contribution in [0, 0.1) is 0 Å². The third-order valence-corrected chi connectivity index (χ3v) is 2.82. The van der Waals surface area contributed by atoms with Gasteiger partial charge in [-0.3, -0.25) is 9.59 Å². The highest BCUT2D eigenvalue weighted by Crippen LogP contribution is 2.17. The summed E-state index contributed by atoms with van der Waals surface area (Å²) >= 11 is 0. The number of carbonyl (C=O) groups is 1. The van der Waals surface area contributed by atoms with Crippen molar-refractivity contribution in [3.8, 4) is 0 Å². The molecule has 0 aliphatic rings. The van der Waals surface area contributed by atoms with Gasteiger partial charge < -0.3 is 4.90 Å². The van der Waals surface area contributed by atoms with E-state index in [-0.39, 0.29) is 12.2 Å². The summed E-state index contributed by atoms with van der Waals surface area (Å²) in [7, 11) is 0. The standard InChI is InChI=1S/C14H18F3N3O2/c1-3-5-9-20-12(21)7-6-11(18-20)13(22)19(8-4-2)10-14(15,16)17/h4,6-7H,2-3,5,8-10H2,1H3. The van der Waals surface area contributed by atoms with Gasteiger partial charge in [0.1, 0.15) is 12.2 Å². The lowest BCUT2D eigenvalue weighted by Gasteiger charge is -2.22. The molecule has 122 valence electrons. The van der Waals surface area contributed by atoms with E-state index in [2.05, 4.69) is 11.7 Å². The van der Waals surface area contributed by atoms with Gasteiger partial charge >= 0.3 is 6.18 Å². The zero-order chi connectivity index (χ0) is 16.8. The molecule has 0 radical (unpaired) electrons. The maximum Gasteiger partial charge on any atom is 0.406 e. The highest BCUT2D eigenvalue weighted by atomic mass is 19.4. The number of amides is 1. The van der Waals surface area contributed by atoms with Crippen LogP contribution in [0.4, 0.5) is 13.2 Å². The number of aryl methyl sites for hydroxylation is 1. The Labute approximate surface area is 126 Å². The summed E-state index contributed by atoms with van der Waals surface area (Å²) < 4.78 is 38.6. The first kappa shape index (κ1) is 17.9. The zero-order valence-electron chi connectivity index (χ0n) is 12.3. The Morgan fingerprint density at radius 3 is 2.68 bits per heavy atom. The molecule has 5 nitrogen and oxygen atoms in total. The third-order valence-electron chi connectivity index (χ3n) is 2.82. The van der Waals surface area contributed by atoms with Crippen molar-refractivity contribution in [2.24, 2.45) is 0 Å². The van der Waals surface area contributed by atoms with Crippen molar-refractivity contribution < 1.29 is 18.0 Å². The number of carbonyl (C=O) groups excluding carboxylic acids is 1. The summed E-state index contributed by atoms with van der Waals surface area (Å²) in [6.07, 6.45) is -1.81. The molecule has 22 heavy (non-hydrogen) atoms. The monoisotopic (exact) mass is 317 g/mol. The molecular weight excluding hydrogens is 299 g/mol. The number of unbranched alkanes of at least 4 members (excludes halogenated alkanes) is 1. The van der Waals surface area contributed by atoms with Crippen LogP contribution in [-0.4, -0.2) is 39.9 Å². The molecule has 0 saturated carbocycles. The minimum Gasteiger partial charge on any atom is -0.324 e. The van der Waals surface area contributed by atoms with Gasteiger partial charge in [-0.2, -0.15) is 18.3 Å². The molecule has 0 aliphatic heterocycles. The summed E-state index contributed by atoms with van der Waals surface area (Å²) in [6.45, 7) is 3.93. The van der Waals surface area contributed by atoms with Gasteiger partial charge in [0, 0.05) is 19.2 Å². The molecule has 1 amide bonds. The van der Waals surface area contributed by atoms with Crippen molar-refractivity contribution in [1.29, 1.82) is 0 Å². The Bertz CT molecular complexity index is 581. The van der Waals surface area contributed by atoms with Gasteiger partial charge in [-0.25, -0.2) is 4.68 Å². The molecule has 1 aromatic rings. The summed E-state index contributed by atoms with van der Waals surface area (Å²) in [5.41, 5.74) is -0.585. The van der Waals surface area contributed by atoms with Crippen LogP contribution in [0.1, 0.15) is 30.3 Å². The molecular formula is C14H18F3N3O2. The molecule has 0 unspecified atom stereocenters. The molecule has 0 N–H and O–H groups in total. The van der Waals surface area contributed by atoms with Crippen molar-refractivity contribution in [1.82, 2.24) is 14.7 Å². The normalized spacial score (nSPS) is 11.3. The molecule has 1 aromatic heterocycles. The van der Waals surface area contributed by atoms with Crippen molar-refractivity contribution >= 4 is 5.91 Å². The van der Waals surface area contributed by atoms with Gasteiger partial charge in [0.05, 0.1) is 0 Å². The first-order valence-electron chi connectivity index (χ1n) is 6.83. The topological polar surface area (TPSA) is 55.2 Å². The number of hydrogen-bond acceptors (Lipinski definition) is 3. The molecule has 1 heterocycles. The molecule has 0 aliphatic carbocycles. The maximum atomic E-state index is 12.5. The van der Waals surface area contributed by atoms with Crippen LogP contribution in [0.3, 0.4) is 0 Å². The van der Waals surface area contributed by atoms with Crippen LogP contribution in [0.5, 0.6) is 0 Å². The fourth-order valence-electron chi connectivity index (χ4n) is 1.78. The second-order valence-electron chi connectivity index (χ2n) is 4.72. The molecule has 0 spiro atoms. The largest absolute Gasteiger partial charge is 0.406 e. The van der Waals surface area contributed by atoms with E-state index in [0.717, 1.165) is 23.2 Å². The quantitative estimate of drug-likeness (QED) is 0.725. The predicted octanol–water partition coefficient (Wildman–Crippen LogP) is 2.23. The van der Waals surface area contributed by atoms with E-state index in [1.54, 1.807) is 0 Å². The van der Waals surface area contributed by atoms with Crippen LogP contribution >= 0.6 is 0 Å². The summed E-state index contributed by atoms with van der Waals surface area (Å²) in [5, 5.41) is 3.85. The van der Waals surface area contributed by atoms with E-state index in [1.165, 1.54) is 6.08 Å². The van der Waals surface area contributed by atoms with E-state index in [0.29, 0.717) is 17.9 Å². The van der Waals surface area contributed by atoms with Crippen LogP contribution in [0.25, 0.3) is 0 Å². The van der Waals surface area contributed by atoms with Gasteiger partial charge in [0.25, 0.3) is 11.5 Å². The SMILES string of the molecule is C=CCN(CC(F)(F)F)C(=O)c1ccc(=O)n(CCCC)n1.